The topological polar surface area (TPSA) is 163 Å². The van der Waals surface area contributed by atoms with Crippen LogP contribution in [0.5, 0.6) is 5.75 Å². The Morgan fingerprint density at radius 2 is 0.755 bits per heavy atom. The van der Waals surface area contributed by atoms with E-state index in [2.05, 4.69) is 86.7 Å². The van der Waals surface area contributed by atoms with Crippen molar-refractivity contribution in [2.45, 2.75) is 40.2 Å². The minimum absolute atomic E-state index is 0.00217. The normalized spacial score (nSPS) is 11.3. The molecule has 0 bridgehead atoms. The van der Waals surface area contributed by atoms with Gasteiger partial charge in [0, 0.05) is 70.5 Å². The van der Waals surface area contributed by atoms with Gasteiger partial charge in [-0.1, -0.05) is 202 Å². The zero-order valence-corrected chi connectivity index (χ0v) is 61.6. The summed E-state index contributed by atoms with van der Waals surface area (Å²) in [6.45, 7) is 7.80. The maximum atomic E-state index is 13.3. The maximum absolute atomic E-state index is 13.3. The molecule has 0 fully saturated rings. The lowest BCUT2D eigenvalue weighted by Gasteiger charge is -2.11. The Balaban J connectivity index is 0.000000125. The first-order chi connectivity index (χ1) is 51.0. The van der Waals surface area contributed by atoms with Gasteiger partial charge in [0.25, 0.3) is 0 Å². The van der Waals surface area contributed by atoms with Gasteiger partial charge in [-0.05, 0) is 142 Å². The SMILES string of the molecule is Cc1[nH]c(-c2ccc(-c3ccc(Cl)cc3)s2)nc1-c1ccccc1.Cc1[nH]c(-c2ccc(-c3cccc(Cl)c3Cl)o2)nc1-c1ccccc1.Cc1[nH]c(-c2ccc(-c3ccccc3C(F)(F)F)o2)nc1-c1ccc(Br)cc1.Cc1[nH]c(-c2ccc(-c3ccccc3OC(F)(F)F)o2)nc1-c1ccccc1Cl. The number of benzene rings is 8. The van der Waals surface area contributed by atoms with Crippen LogP contribution < -0.4 is 4.74 Å². The fourth-order valence-corrected chi connectivity index (χ4v) is 13.4. The molecule has 0 radical (unpaired) electrons. The molecule has 12 nitrogen and oxygen atoms in total. The van der Waals surface area contributed by atoms with Gasteiger partial charge in [-0.15, -0.1) is 24.5 Å². The lowest BCUT2D eigenvalue weighted by molar-refractivity contribution is -0.274. The summed E-state index contributed by atoms with van der Waals surface area (Å²) in [4.78, 5) is 33.9. The van der Waals surface area contributed by atoms with Gasteiger partial charge in [0.05, 0.1) is 53.8 Å². The molecule has 0 unspecified atom stereocenters. The van der Waals surface area contributed by atoms with Crippen LogP contribution in [0.1, 0.15) is 28.3 Å². The number of nitrogens with one attached hydrogen (secondary N) is 4. The van der Waals surface area contributed by atoms with E-state index in [4.69, 9.17) is 64.6 Å². The number of nitrogens with zero attached hydrogens (tertiary/aromatic N) is 4. The third-order valence-electron chi connectivity index (χ3n) is 16.5. The third-order valence-corrected chi connectivity index (χ3v) is 19.5. The van der Waals surface area contributed by atoms with Gasteiger partial charge in [0.15, 0.2) is 34.8 Å². The highest BCUT2D eigenvalue weighted by Crippen LogP contribution is 2.43. The number of aromatic nitrogens is 8. The molecule has 0 spiro atoms. The predicted molar refractivity (Wildman–Crippen MR) is 413 cm³/mol. The lowest BCUT2D eigenvalue weighted by atomic mass is 10.1. The minimum atomic E-state index is -4.80. The number of imidazole rings is 4. The molecule has 532 valence electrons. The zero-order valence-electron chi connectivity index (χ0n) is 56.2. The smallest absolute Gasteiger partial charge is 0.453 e. The van der Waals surface area contributed by atoms with Gasteiger partial charge < -0.3 is 37.9 Å². The van der Waals surface area contributed by atoms with Crippen molar-refractivity contribution in [3.05, 3.63) is 302 Å². The summed E-state index contributed by atoms with van der Waals surface area (Å²) >= 11 is 29.7. The van der Waals surface area contributed by atoms with Gasteiger partial charge >= 0.3 is 12.5 Å². The predicted octanol–water partition coefficient (Wildman–Crippen LogP) is 27.0. The van der Waals surface area contributed by atoms with Crippen LogP contribution in [-0.2, 0) is 6.18 Å². The summed E-state index contributed by atoms with van der Waals surface area (Å²) in [5.41, 5.74) is 12.3. The third kappa shape index (κ3) is 17.1. The Morgan fingerprint density at radius 3 is 1.29 bits per heavy atom. The molecule has 4 N–H and O–H groups in total. The summed E-state index contributed by atoms with van der Waals surface area (Å²) in [5.74, 6) is 4.58. The summed E-state index contributed by atoms with van der Waals surface area (Å²) < 4.78 is 100. The summed E-state index contributed by atoms with van der Waals surface area (Å²) in [6, 6.07) is 74.2. The Labute approximate surface area is 635 Å². The number of para-hydroxylation sites is 1. The molecule has 0 saturated heterocycles. The van der Waals surface area contributed by atoms with Crippen LogP contribution in [0.4, 0.5) is 26.3 Å². The molecule has 8 aromatic heterocycles. The second-order valence-electron chi connectivity index (χ2n) is 23.8. The average molecular weight is 1590 g/mol. The summed E-state index contributed by atoms with van der Waals surface area (Å²) in [6.07, 6.45) is -9.26. The number of furan rings is 3. The van der Waals surface area contributed by atoms with Crippen molar-refractivity contribution in [1.82, 2.24) is 39.9 Å². The number of alkyl halides is 6. The van der Waals surface area contributed by atoms with Crippen molar-refractivity contribution >= 4 is 73.7 Å². The van der Waals surface area contributed by atoms with Crippen LogP contribution in [0.25, 0.3) is 135 Å². The molecule has 106 heavy (non-hydrogen) atoms. The molecular weight excluding hydrogens is 1530 g/mol. The first-order valence-electron chi connectivity index (χ1n) is 32.5. The van der Waals surface area contributed by atoms with E-state index in [1.165, 1.54) is 46.8 Å². The van der Waals surface area contributed by atoms with Crippen molar-refractivity contribution in [2.24, 2.45) is 0 Å². The first-order valence-corrected chi connectivity index (χ1v) is 35.6. The Bertz CT molecular complexity index is 5700. The number of hydrogen-bond donors (Lipinski definition) is 4. The fraction of sp³-hybridized carbons (Fsp3) is 0.0732. The highest BCUT2D eigenvalue weighted by molar-refractivity contribution is 9.10. The summed E-state index contributed by atoms with van der Waals surface area (Å²) in [7, 11) is 0. The number of hydrogen-bond acceptors (Lipinski definition) is 9. The van der Waals surface area contributed by atoms with Crippen LogP contribution in [0.3, 0.4) is 0 Å². The Kier molecular flexibility index (Phi) is 22.1. The van der Waals surface area contributed by atoms with Crippen LogP contribution >= 0.6 is 73.7 Å². The molecule has 16 rings (SSSR count). The number of H-pyrrole nitrogens is 4. The van der Waals surface area contributed by atoms with Crippen molar-refractivity contribution in [3.63, 3.8) is 0 Å². The van der Waals surface area contributed by atoms with Crippen LogP contribution in [0.15, 0.2) is 266 Å². The highest BCUT2D eigenvalue weighted by Gasteiger charge is 2.35. The van der Waals surface area contributed by atoms with Crippen LogP contribution in [0.2, 0.25) is 20.1 Å². The number of ether oxygens (including phenoxy) is 1. The van der Waals surface area contributed by atoms with E-state index in [9.17, 15) is 26.3 Å². The number of aromatic amines is 4. The van der Waals surface area contributed by atoms with Crippen LogP contribution in [0, 0.1) is 27.7 Å². The zero-order chi connectivity index (χ0) is 74.4. The maximum Gasteiger partial charge on any atom is 0.573 e. The monoisotopic (exact) mass is 1580 g/mol. The van der Waals surface area contributed by atoms with E-state index >= 15 is 0 Å². The molecule has 0 saturated carbocycles. The van der Waals surface area contributed by atoms with E-state index in [1.807, 2.05) is 160 Å². The van der Waals surface area contributed by atoms with E-state index in [0.717, 1.165) is 93.9 Å². The standard InChI is InChI=1S/C21H14BrF3N2O.C21H14ClF3N2O2.C20H14Cl2N2O.C20H15ClN2S/c1-12-19(13-6-8-14(22)9-7-13)27-20(26-12)18-11-10-17(28-18)15-4-2-3-5-16(15)21(23,24)25;1-12-19(13-6-2-4-8-15(13)22)27-20(26-12)18-11-10-16(28-18)14-7-3-5-9-17(14)29-21(23,24)25;1-12-19(13-6-3-2-4-7-13)24-20(23-12)17-11-10-16(25-17)14-8-5-9-15(21)18(14)22;1-13-19(15-5-3-2-4-6-15)23-20(22-13)18-12-11-17(24-18)14-7-9-16(21)10-8-14/h2-11H,1H3,(H,26,27);2-11H,1H3,(H,26,27);2-11H,1H3,(H,23,24);2-12H,1H3,(H,22,23). The van der Waals surface area contributed by atoms with Crippen molar-refractivity contribution in [1.29, 1.82) is 0 Å². The van der Waals surface area contributed by atoms with Gasteiger partial charge in [-0.25, -0.2) is 19.9 Å². The average Bonchev–Trinajstić information content (AvgIpc) is 1.64. The quantitative estimate of drug-likeness (QED) is 0.0829. The molecule has 0 aliphatic heterocycles. The number of halogens is 11. The first kappa shape index (κ1) is 73.5. The van der Waals surface area contributed by atoms with Gasteiger partial charge in [-0.2, -0.15) is 13.2 Å². The fourth-order valence-electron chi connectivity index (χ4n) is 11.5. The van der Waals surface area contributed by atoms with E-state index in [-0.39, 0.29) is 28.4 Å². The molecule has 0 aliphatic carbocycles. The largest absolute Gasteiger partial charge is 0.573 e. The van der Waals surface area contributed by atoms with Gasteiger partial charge in [0.2, 0.25) is 0 Å². The second kappa shape index (κ2) is 31.9. The Morgan fingerprint density at radius 1 is 0.358 bits per heavy atom. The van der Waals surface area contributed by atoms with Crippen molar-refractivity contribution in [2.75, 3.05) is 0 Å². The minimum Gasteiger partial charge on any atom is -0.453 e. The number of aryl methyl sites for hydroxylation is 4. The number of thiophene rings is 1. The molecule has 8 aromatic carbocycles. The summed E-state index contributed by atoms with van der Waals surface area (Å²) in [5, 5.41) is 2.29. The van der Waals surface area contributed by atoms with Crippen LogP contribution in [-0.4, -0.2) is 46.2 Å². The lowest BCUT2D eigenvalue weighted by Crippen LogP contribution is -2.17. The molecule has 24 heteroatoms. The molecule has 0 atom stereocenters. The molecule has 8 heterocycles. The molecule has 0 amide bonds. The van der Waals surface area contributed by atoms with E-state index in [0.29, 0.717) is 61.3 Å². The Hall–Kier alpha value is -10.8. The van der Waals surface area contributed by atoms with Gasteiger partial charge in [-0.3, -0.25) is 0 Å². The number of rotatable bonds is 13. The van der Waals surface area contributed by atoms with Crippen molar-refractivity contribution < 1.29 is 44.3 Å². The van der Waals surface area contributed by atoms with Crippen molar-refractivity contribution in [3.8, 4) is 141 Å². The van der Waals surface area contributed by atoms with E-state index in [1.54, 1.807) is 53.8 Å². The van der Waals surface area contributed by atoms with Gasteiger partial charge in [0.1, 0.15) is 28.9 Å². The van der Waals surface area contributed by atoms with E-state index < -0.39 is 18.1 Å². The highest BCUT2D eigenvalue weighted by atomic mass is 79.9. The molecule has 16 aromatic rings. The molecule has 0 aliphatic rings. The molecular formula is C82H57BrCl4F6N8O4S. The second-order valence-corrected chi connectivity index (χ2v) is 27.4.